The van der Waals surface area contributed by atoms with E-state index in [0.717, 1.165) is 26.1 Å². The fraction of sp³-hybridized carbons (Fsp3) is 0.900. The van der Waals surface area contributed by atoms with Crippen LogP contribution in [0.5, 0.6) is 0 Å². The van der Waals surface area contributed by atoms with Crippen molar-refractivity contribution in [1.29, 1.82) is 0 Å². The fourth-order valence-electron chi connectivity index (χ4n) is 1.45. The molecule has 1 heterocycles. The van der Waals surface area contributed by atoms with E-state index < -0.39 is 0 Å². The Bertz CT molecular complexity index is 188. The van der Waals surface area contributed by atoms with Gasteiger partial charge in [-0.25, -0.2) is 0 Å². The number of hydrogen-bond acceptors (Lipinski definition) is 3. The van der Waals surface area contributed by atoms with E-state index >= 15 is 0 Å². The molecular formula is C10H21N3O. The minimum atomic E-state index is 0.185. The van der Waals surface area contributed by atoms with Gasteiger partial charge in [-0.1, -0.05) is 0 Å². The Hall–Kier alpha value is -0.610. The van der Waals surface area contributed by atoms with E-state index in [-0.39, 0.29) is 11.8 Å². The third kappa shape index (κ3) is 3.27. The van der Waals surface area contributed by atoms with Crippen LogP contribution in [0.2, 0.25) is 0 Å². The lowest BCUT2D eigenvalue weighted by Gasteiger charge is -2.20. The summed E-state index contributed by atoms with van der Waals surface area (Å²) in [7, 11) is 4.04. The van der Waals surface area contributed by atoms with Crippen molar-refractivity contribution in [3.63, 3.8) is 0 Å². The molecule has 0 aromatic carbocycles. The SMILES string of the molecule is CC(CNC(=O)C1CCNC1)N(C)C. The topological polar surface area (TPSA) is 44.4 Å². The molecule has 0 aromatic heterocycles. The van der Waals surface area contributed by atoms with Crippen molar-refractivity contribution in [2.45, 2.75) is 19.4 Å². The second kappa shape index (κ2) is 5.32. The number of likely N-dealkylation sites (N-methyl/N-ethyl adjacent to an activating group) is 1. The summed E-state index contributed by atoms with van der Waals surface area (Å²) in [6, 6.07) is 0.397. The van der Waals surface area contributed by atoms with E-state index in [9.17, 15) is 4.79 Å². The molecule has 1 aliphatic heterocycles. The molecule has 2 unspecified atom stereocenters. The number of nitrogens with one attached hydrogen (secondary N) is 2. The van der Waals surface area contributed by atoms with Crippen LogP contribution in [0.15, 0.2) is 0 Å². The molecule has 0 aliphatic carbocycles. The van der Waals surface area contributed by atoms with Crippen LogP contribution in [0.4, 0.5) is 0 Å². The molecule has 0 radical (unpaired) electrons. The van der Waals surface area contributed by atoms with Crippen molar-refractivity contribution >= 4 is 5.91 Å². The Balaban J connectivity index is 2.20. The number of carbonyl (C=O) groups is 1. The summed E-state index contributed by atoms with van der Waals surface area (Å²) in [6.45, 7) is 4.65. The normalized spacial score (nSPS) is 23.9. The van der Waals surface area contributed by atoms with Gasteiger partial charge >= 0.3 is 0 Å². The van der Waals surface area contributed by atoms with Crippen molar-refractivity contribution in [2.75, 3.05) is 33.7 Å². The lowest BCUT2D eigenvalue weighted by Crippen LogP contribution is -2.41. The van der Waals surface area contributed by atoms with Gasteiger partial charge in [0, 0.05) is 19.1 Å². The lowest BCUT2D eigenvalue weighted by atomic mass is 10.1. The van der Waals surface area contributed by atoms with Crippen LogP contribution >= 0.6 is 0 Å². The predicted molar refractivity (Wildman–Crippen MR) is 57.1 cm³/mol. The highest BCUT2D eigenvalue weighted by Gasteiger charge is 2.22. The monoisotopic (exact) mass is 199 g/mol. The zero-order chi connectivity index (χ0) is 10.6. The molecule has 1 amide bonds. The maximum Gasteiger partial charge on any atom is 0.224 e. The number of hydrogen-bond donors (Lipinski definition) is 2. The quantitative estimate of drug-likeness (QED) is 0.651. The Morgan fingerprint density at radius 2 is 2.36 bits per heavy atom. The van der Waals surface area contributed by atoms with E-state index in [1.54, 1.807) is 0 Å². The second-order valence-corrected chi connectivity index (χ2v) is 4.25. The van der Waals surface area contributed by atoms with Crippen LogP contribution in [0.3, 0.4) is 0 Å². The molecule has 0 spiro atoms. The highest BCUT2D eigenvalue weighted by atomic mass is 16.1. The first kappa shape index (κ1) is 11.5. The zero-order valence-electron chi connectivity index (χ0n) is 9.34. The Morgan fingerprint density at radius 1 is 1.64 bits per heavy atom. The summed E-state index contributed by atoms with van der Waals surface area (Å²) in [4.78, 5) is 13.7. The number of carbonyl (C=O) groups excluding carboxylic acids is 1. The fourth-order valence-corrected chi connectivity index (χ4v) is 1.45. The van der Waals surface area contributed by atoms with E-state index in [2.05, 4.69) is 22.5 Å². The molecule has 4 nitrogen and oxygen atoms in total. The zero-order valence-corrected chi connectivity index (χ0v) is 9.34. The minimum absolute atomic E-state index is 0.185. The van der Waals surface area contributed by atoms with Gasteiger partial charge in [0.05, 0.1) is 5.92 Å². The summed E-state index contributed by atoms with van der Waals surface area (Å²) in [6.07, 6.45) is 0.974. The lowest BCUT2D eigenvalue weighted by molar-refractivity contribution is -0.124. The average Bonchev–Trinajstić information content (AvgIpc) is 2.66. The maximum atomic E-state index is 11.6. The van der Waals surface area contributed by atoms with Crippen LogP contribution in [0.25, 0.3) is 0 Å². The van der Waals surface area contributed by atoms with Crippen LogP contribution in [0.1, 0.15) is 13.3 Å². The Labute approximate surface area is 86.0 Å². The highest BCUT2D eigenvalue weighted by Crippen LogP contribution is 2.06. The first-order chi connectivity index (χ1) is 6.61. The van der Waals surface area contributed by atoms with Crippen molar-refractivity contribution < 1.29 is 4.79 Å². The van der Waals surface area contributed by atoms with Gasteiger partial charge in [0.15, 0.2) is 0 Å². The minimum Gasteiger partial charge on any atom is -0.354 e. The first-order valence-corrected chi connectivity index (χ1v) is 5.26. The van der Waals surface area contributed by atoms with Gasteiger partial charge in [-0.2, -0.15) is 0 Å². The molecule has 0 saturated carbocycles. The van der Waals surface area contributed by atoms with Crippen molar-refractivity contribution in [1.82, 2.24) is 15.5 Å². The predicted octanol–water partition coefficient (Wildman–Crippen LogP) is -0.338. The van der Waals surface area contributed by atoms with Crippen LogP contribution < -0.4 is 10.6 Å². The van der Waals surface area contributed by atoms with E-state index in [0.29, 0.717) is 6.04 Å². The molecule has 14 heavy (non-hydrogen) atoms. The molecule has 1 fully saturated rings. The van der Waals surface area contributed by atoms with E-state index in [1.165, 1.54) is 0 Å². The molecule has 4 heteroatoms. The highest BCUT2D eigenvalue weighted by molar-refractivity contribution is 5.79. The molecule has 0 aromatic rings. The van der Waals surface area contributed by atoms with Gasteiger partial charge in [-0.15, -0.1) is 0 Å². The molecule has 2 N–H and O–H groups in total. The van der Waals surface area contributed by atoms with Gasteiger partial charge in [-0.05, 0) is 34.0 Å². The number of nitrogens with zero attached hydrogens (tertiary/aromatic N) is 1. The maximum absolute atomic E-state index is 11.6. The second-order valence-electron chi connectivity index (χ2n) is 4.25. The van der Waals surface area contributed by atoms with Gasteiger partial charge in [0.25, 0.3) is 0 Å². The molecule has 2 atom stereocenters. The first-order valence-electron chi connectivity index (χ1n) is 5.26. The molecule has 82 valence electrons. The third-order valence-corrected chi connectivity index (χ3v) is 2.88. The van der Waals surface area contributed by atoms with Gasteiger partial charge in [0.1, 0.15) is 0 Å². The summed E-state index contributed by atoms with van der Waals surface area (Å²) in [5.74, 6) is 0.382. The summed E-state index contributed by atoms with van der Waals surface area (Å²) >= 11 is 0. The van der Waals surface area contributed by atoms with Crippen molar-refractivity contribution in [3.05, 3.63) is 0 Å². The average molecular weight is 199 g/mol. The van der Waals surface area contributed by atoms with Gasteiger partial charge < -0.3 is 15.5 Å². The Morgan fingerprint density at radius 3 is 2.86 bits per heavy atom. The summed E-state index contributed by atoms with van der Waals surface area (Å²) < 4.78 is 0. The standard InChI is InChI=1S/C10H21N3O/c1-8(13(2)3)6-12-10(14)9-4-5-11-7-9/h8-9,11H,4-7H2,1-3H3,(H,12,14). The molecule has 0 bridgehead atoms. The van der Waals surface area contributed by atoms with Crippen LogP contribution in [-0.2, 0) is 4.79 Å². The van der Waals surface area contributed by atoms with Crippen LogP contribution in [-0.4, -0.2) is 50.6 Å². The van der Waals surface area contributed by atoms with Crippen molar-refractivity contribution in [2.24, 2.45) is 5.92 Å². The molecule has 1 aliphatic rings. The number of amides is 1. The third-order valence-electron chi connectivity index (χ3n) is 2.88. The largest absolute Gasteiger partial charge is 0.354 e. The van der Waals surface area contributed by atoms with E-state index in [4.69, 9.17) is 0 Å². The van der Waals surface area contributed by atoms with Crippen LogP contribution in [0, 0.1) is 5.92 Å². The smallest absolute Gasteiger partial charge is 0.224 e. The molecule has 1 rings (SSSR count). The molecule has 1 saturated heterocycles. The van der Waals surface area contributed by atoms with Gasteiger partial charge in [-0.3, -0.25) is 4.79 Å². The van der Waals surface area contributed by atoms with Crippen molar-refractivity contribution in [3.8, 4) is 0 Å². The van der Waals surface area contributed by atoms with E-state index in [1.807, 2.05) is 14.1 Å². The summed E-state index contributed by atoms with van der Waals surface area (Å²) in [5.41, 5.74) is 0. The summed E-state index contributed by atoms with van der Waals surface area (Å²) in [5, 5.41) is 6.18. The Kier molecular flexibility index (Phi) is 4.35. The number of rotatable bonds is 4. The van der Waals surface area contributed by atoms with Gasteiger partial charge in [0.2, 0.25) is 5.91 Å². The molecular weight excluding hydrogens is 178 g/mol.